The number of carbonyl (C=O) groups excluding carboxylic acids is 1. The van der Waals surface area contributed by atoms with Crippen LogP contribution in [0.15, 0.2) is 22.7 Å². The zero-order valence-electron chi connectivity index (χ0n) is 10.4. The molecule has 0 heterocycles. The molecule has 1 amide bonds. The van der Waals surface area contributed by atoms with Gasteiger partial charge in [0, 0.05) is 10.5 Å². The maximum atomic E-state index is 12.6. The normalized spacial score (nSPS) is 15.2. The van der Waals surface area contributed by atoms with Crippen molar-refractivity contribution in [3.05, 3.63) is 33.3 Å². The number of hydrogen-bond acceptors (Lipinski definition) is 2. The maximum absolute atomic E-state index is 12.6. The van der Waals surface area contributed by atoms with Crippen LogP contribution in [0.4, 0.5) is 0 Å². The summed E-state index contributed by atoms with van der Waals surface area (Å²) in [6, 6.07) is 7.53. The summed E-state index contributed by atoms with van der Waals surface area (Å²) in [6.07, 6.45) is 4.18. The molecule has 1 aliphatic carbocycles. The first-order valence-electron chi connectivity index (χ1n) is 6.27. The highest BCUT2D eigenvalue weighted by Gasteiger charge is 2.28. The monoisotopic (exact) mass is 340 g/mol. The summed E-state index contributed by atoms with van der Waals surface area (Å²) in [5, 5.41) is 9.34. The van der Waals surface area contributed by atoms with E-state index in [1.165, 1.54) is 0 Å². The van der Waals surface area contributed by atoms with Crippen molar-refractivity contribution in [1.29, 1.82) is 5.26 Å². The molecule has 1 aromatic rings. The van der Waals surface area contributed by atoms with Gasteiger partial charge in [-0.15, -0.1) is 0 Å². The van der Waals surface area contributed by atoms with E-state index in [9.17, 15) is 4.79 Å². The Hall–Kier alpha value is -1.05. The van der Waals surface area contributed by atoms with Crippen molar-refractivity contribution < 1.29 is 4.79 Å². The van der Waals surface area contributed by atoms with Crippen molar-refractivity contribution in [3.63, 3.8) is 0 Å². The van der Waals surface area contributed by atoms with E-state index >= 15 is 0 Å². The van der Waals surface area contributed by atoms with Gasteiger partial charge in [0.1, 0.15) is 6.54 Å². The van der Waals surface area contributed by atoms with E-state index < -0.39 is 0 Å². The summed E-state index contributed by atoms with van der Waals surface area (Å²) >= 11 is 9.48. The van der Waals surface area contributed by atoms with E-state index in [2.05, 4.69) is 22.0 Å². The highest BCUT2D eigenvalue weighted by molar-refractivity contribution is 9.10. The number of benzene rings is 1. The second-order valence-electron chi connectivity index (χ2n) is 4.63. The van der Waals surface area contributed by atoms with E-state index in [-0.39, 0.29) is 18.5 Å². The summed E-state index contributed by atoms with van der Waals surface area (Å²) < 4.78 is 0.698. The smallest absolute Gasteiger partial charge is 0.256 e. The lowest BCUT2D eigenvalue weighted by atomic mass is 10.1. The second-order valence-corrected chi connectivity index (χ2v) is 5.86. The lowest BCUT2D eigenvalue weighted by Crippen LogP contribution is -2.39. The third-order valence-corrected chi connectivity index (χ3v) is 4.75. The number of amides is 1. The molecule has 0 N–H and O–H groups in total. The standard InChI is InChI=1S/C14H14BrClN2O/c15-12-7-3-6-11(13(12)16)14(19)18(9-8-17)10-4-1-2-5-10/h3,6-7,10H,1-2,4-5,9H2. The van der Waals surface area contributed by atoms with Crippen LogP contribution in [0.3, 0.4) is 0 Å². The topological polar surface area (TPSA) is 44.1 Å². The largest absolute Gasteiger partial charge is 0.322 e. The van der Waals surface area contributed by atoms with Crippen LogP contribution in [0, 0.1) is 11.3 Å². The third kappa shape index (κ3) is 3.10. The van der Waals surface area contributed by atoms with Gasteiger partial charge in [0.15, 0.2) is 0 Å². The number of carbonyl (C=O) groups is 1. The molecule has 100 valence electrons. The number of halogens is 2. The van der Waals surface area contributed by atoms with Gasteiger partial charge in [-0.2, -0.15) is 5.26 Å². The predicted molar refractivity (Wildman–Crippen MR) is 78.1 cm³/mol. The summed E-state index contributed by atoms with van der Waals surface area (Å²) in [4.78, 5) is 14.2. The van der Waals surface area contributed by atoms with Crippen LogP contribution in [0.25, 0.3) is 0 Å². The minimum atomic E-state index is -0.153. The fraction of sp³-hybridized carbons (Fsp3) is 0.429. The molecule has 1 saturated carbocycles. The predicted octanol–water partition coefficient (Wildman–Crippen LogP) is 4.01. The van der Waals surface area contributed by atoms with Crippen LogP contribution in [-0.4, -0.2) is 23.4 Å². The molecule has 0 saturated heterocycles. The van der Waals surface area contributed by atoms with Gasteiger partial charge in [0.25, 0.3) is 5.91 Å². The third-order valence-electron chi connectivity index (χ3n) is 3.45. The Balaban J connectivity index is 2.28. The quantitative estimate of drug-likeness (QED) is 0.780. The zero-order chi connectivity index (χ0) is 13.8. The highest BCUT2D eigenvalue weighted by atomic mass is 79.9. The van der Waals surface area contributed by atoms with E-state index in [1.807, 2.05) is 0 Å². The lowest BCUT2D eigenvalue weighted by Gasteiger charge is -2.27. The summed E-state index contributed by atoms with van der Waals surface area (Å²) in [6.45, 7) is 0.117. The van der Waals surface area contributed by atoms with Crippen molar-refractivity contribution in [3.8, 4) is 6.07 Å². The van der Waals surface area contributed by atoms with Crippen molar-refractivity contribution in [1.82, 2.24) is 4.90 Å². The summed E-state index contributed by atoms with van der Waals surface area (Å²) in [5.41, 5.74) is 0.457. The van der Waals surface area contributed by atoms with Crippen LogP contribution < -0.4 is 0 Å². The summed E-state index contributed by atoms with van der Waals surface area (Å²) in [5.74, 6) is -0.153. The first kappa shape index (κ1) is 14.4. The summed E-state index contributed by atoms with van der Waals surface area (Å²) in [7, 11) is 0. The molecule has 5 heteroatoms. The van der Waals surface area contributed by atoms with E-state index in [0.29, 0.717) is 15.1 Å². The first-order chi connectivity index (χ1) is 9.15. The van der Waals surface area contributed by atoms with Gasteiger partial charge in [-0.1, -0.05) is 30.5 Å². The van der Waals surface area contributed by atoms with Crippen LogP contribution in [-0.2, 0) is 0 Å². The zero-order valence-corrected chi connectivity index (χ0v) is 12.7. The van der Waals surface area contributed by atoms with Crippen LogP contribution >= 0.6 is 27.5 Å². The molecular formula is C14H14BrClN2O. The average Bonchev–Trinajstić information content (AvgIpc) is 2.92. The minimum absolute atomic E-state index is 0.117. The molecule has 0 atom stereocenters. The molecule has 2 rings (SSSR count). The van der Waals surface area contributed by atoms with Crippen molar-refractivity contribution >= 4 is 33.4 Å². The molecule has 1 aromatic carbocycles. The van der Waals surface area contributed by atoms with Gasteiger partial charge in [0.05, 0.1) is 16.7 Å². The molecule has 3 nitrogen and oxygen atoms in total. The molecule has 0 aliphatic heterocycles. The highest BCUT2D eigenvalue weighted by Crippen LogP contribution is 2.30. The van der Waals surface area contributed by atoms with Gasteiger partial charge in [-0.05, 0) is 40.9 Å². The van der Waals surface area contributed by atoms with Gasteiger partial charge in [-0.3, -0.25) is 4.79 Å². The number of rotatable bonds is 3. The number of nitriles is 1. The Labute approximate surface area is 126 Å². The molecule has 0 bridgehead atoms. The lowest BCUT2D eigenvalue weighted by molar-refractivity contribution is 0.0709. The molecule has 0 spiro atoms. The minimum Gasteiger partial charge on any atom is -0.322 e. The number of hydrogen-bond donors (Lipinski definition) is 0. The molecule has 1 fully saturated rings. The fourth-order valence-corrected chi connectivity index (χ4v) is 3.06. The molecule has 1 aliphatic rings. The van der Waals surface area contributed by atoms with Crippen LogP contribution in [0.2, 0.25) is 5.02 Å². The van der Waals surface area contributed by atoms with Crippen molar-refractivity contribution in [2.24, 2.45) is 0 Å². The molecule has 0 radical (unpaired) electrons. The van der Waals surface area contributed by atoms with Crippen molar-refractivity contribution in [2.75, 3.05) is 6.54 Å². The maximum Gasteiger partial charge on any atom is 0.256 e. The van der Waals surface area contributed by atoms with Crippen molar-refractivity contribution in [2.45, 2.75) is 31.7 Å². The van der Waals surface area contributed by atoms with Gasteiger partial charge in [-0.25, -0.2) is 0 Å². The Morgan fingerprint density at radius 1 is 1.47 bits per heavy atom. The number of nitrogens with zero attached hydrogens (tertiary/aromatic N) is 2. The Kier molecular flexibility index (Phi) is 4.84. The Morgan fingerprint density at radius 2 is 2.16 bits per heavy atom. The van der Waals surface area contributed by atoms with E-state index in [4.69, 9.17) is 16.9 Å². The molecular weight excluding hydrogens is 328 g/mol. The first-order valence-corrected chi connectivity index (χ1v) is 7.44. The Bertz CT molecular complexity index is 521. The molecule has 0 unspecified atom stereocenters. The van der Waals surface area contributed by atoms with E-state index in [0.717, 1.165) is 25.7 Å². The van der Waals surface area contributed by atoms with E-state index in [1.54, 1.807) is 23.1 Å². The van der Waals surface area contributed by atoms with Gasteiger partial charge in [0.2, 0.25) is 0 Å². The average molecular weight is 342 g/mol. The van der Waals surface area contributed by atoms with Crippen LogP contribution in [0.5, 0.6) is 0 Å². The fourth-order valence-electron chi connectivity index (χ4n) is 2.48. The second kappa shape index (κ2) is 6.40. The van der Waals surface area contributed by atoms with Gasteiger partial charge >= 0.3 is 0 Å². The Morgan fingerprint density at radius 3 is 2.79 bits per heavy atom. The molecule has 19 heavy (non-hydrogen) atoms. The van der Waals surface area contributed by atoms with Gasteiger partial charge < -0.3 is 4.90 Å². The SMILES string of the molecule is N#CCN(C(=O)c1cccc(Br)c1Cl)C1CCCC1. The van der Waals surface area contributed by atoms with Crippen LogP contribution in [0.1, 0.15) is 36.0 Å². The molecule has 0 aromatic heterocycles.